The molecular weight excluding hydrogens is 1220 g/mol. The monoisotopic (exact) mass is 1320 g/mol. The number of benzene rings is 6. The maximum atomic E-state index is 13.2. The first-order valence-electron chi connectivity index (χ1n) is 30.5. The van der Waals surface area contributed by atoms with Crippen LogP contribution in [0.25, 0.3) is 66.8 Å². The van der Waals surface area contributed by atoms with E-state index in [0.29, 0.717) is 122 Å². The van der Waals surface area contributed by atoms with Crippen LogP contribution in [0.3, 0.4) is 0 Å². The summed E-state index contributed by atoms with van der Waals surface area (Å²) in [6.45, 7) is 4.45. The van der Waals surface area contributed by atoms with Crippen LogP contribution in [0.2, 0.25) is 0 Å². The molecule has 2 heterocycles. The number of carboxylic acids is 2. The van der Waals surface area contributed by atoms with E-state index in [2.05, 4.69) is 10.6 Å². The second-order valence-electron chi connectivity index (χ2n) is 22.5. The van der Waals surface area contributed by atoms with Gasteiger partial charge in [-0.05, 0) is 97.5 Å². The second kappa shape index (κ2) is 39.0. The van der Waals surface area contributed by atoms with Crippen molar-refractivity contribution < 1.29 is 57.2 Å². The quantitative estimate of drug-likeness (QED) is 0.0174. The van der Waals surface area contributed by atoms with Gasteiger partial charge >= 0.3 is 0 Å². The number of anilines is 2. The van der Waals surface area contributed by atoms with E-state index in [-0.39, 0.29) is 51.4 Å². The molecule has 0 unspecified atom stereocenters. The number of ether oxygens (including phenoxy) is 4. The van der Waals surface area contributed by atoms with Gasteiger partial charge in [-0.3, -0.25) is 9.59 Å². The number of fused-ring (bicyclic) bond motifs is 4. The molecule has 2 amide bonds. The van der Waals surface area contributed by atoms with Crippen LogP contribution in [0.5, 0.6) is 0 Å². The zero-order chi connectivity index (χ0) is 64.7. The number of alkyl halides is 2. The number of nitrogens with zero attached hydrogens (tertiary/aromatic N) is 4. The topological polar surface area (TPSA) is 214 Å². The van der Waals surface area contributed by atoms with Crippen molar-refractivity contribution >= 4 is 80.3 Å². The first-order chi connectivity index (χ1) is 43.4. The molecule has 8 rings (SSSR count). The van der Waals surface area contributed by atoms with E-state index in [1.54, 1.807) is 18.2 Å². The Balaban J connectivity index is 0.000000384. The highest BCUT2D eigenvalue weighted by Gasteiger charge is 2.25. The van der Waals surface area contributed by atoms with Gasteiger partial charge in [0.05, 0.1) is 63.7 Å². The zero-order valence-corrected chi connectivity index (χ0v) is 54.5. The standard InChI is InChI=1S/2C35H42ClN3O6.3CH4/c1-38(2)25-10-13-28-31(22-25)45-32-23-26(39(3)4)11-14-29(32)33(28)30-21-24(9-12-27(30)35(41)42)34(40)37-16-18-44-20-19-43-17-8-6-5-7-15-36;1-38(2)25-10-13-28-31(22-25)45-32-23-26(39(3)4)11-14-29(32)33(28)27-12-9-24(21-30(27)35(41)42)34(40)37-16-18-44-20-19-43-17-8-6-5-7-15-36;;;/h2*9-14,21-23H,5-8,15-20H2,1-4H3,(H-,37,40,41,42);3*1H4. The van der Waals surface area contributed by atoms with Crippen LogP contribution in [-0.4, -0.2) is 158 Å². The fraction of sp³-hybridized carbons (Fsp3) is 0.425. The number of amides is 2. The number of unbranched alkanes of at least 4 members (excludes halogenated alkanes) is 6. The van der Waals surface area contributed by atoms with Crippen LogP contribution in [0.15, 0.2) is 118 Å². The third-order valence-corrected chi connectivity index (χ3v) is 15.7. The third kappa shape index (κ3) is 21.6. The highest BCUT2D eigenvalue weighted by atomic mass is 35.5. The fourth-order valence-corrected chi connectivity index (χ4v) is 10.6. The van der Waals surface area contributed by atoms with Crippen LogP contribution in [-0.2, 0) is 18.9 Å². The molecule has 93 heavy (non-hydrogen) atoms. The molecule has 20 heteroatoms. The highest BCUT2D eigenvalue weighted by molar-refractivity contribution is 6.18. The predicted octanol–water partition coefficient (Wildman–Crippen LogP) is 10.4. The van der Waals surface area contributed by atoms with E-state index in [9.17, 15) is 29.4 Å². The summed E-state index contributed by atoms with van der Waals surface area (Å²) in [7, 11) is 15.5. The van der Waals surface area contributed by atoms with E-state index < -0.39 is 17.8 Å². The van der Waals surface area contributed by atoms with Gasteiger partial charge in [-0.1, -0.05) is 60.1 Å². The molecule has 504 valence electrons. The summed E-state index contributed by atoms with van der Waals surface area (Å²) in [6, 6.07) is 32.4. The Morgan fingerprint density at radius 2 is 0.839 bits per heavy atom. The maximum absolute atomic E-state index is 13.2. The molecule has 0 aromatic heterocycles. The van der Waals surface area contributed by atoms with Gasteiger partial charge in [-0.25, -0.2) is 9.15 Å². The van der Waals surface area contributed by atoms with Crippen molar-refractivity contribution in [1.82, 2.24) is 19.8 Å². The lowest BCUT2D eigenvalue weighted by molar-refractivity contribution is -0.256. The summed E-state index contributed by atoms with van der Waals surface area (Å²) in [5.74, 6) is -0.847. The van der Waals surface area contributed by atoms with Gasteiger partial charge < -0.3 is 68.0 Å². The Bertz CT molecular complexity index is 3820. The number of aromatic carboxylic acids is 2. The SMILES string of the molecule is C.C.C.CN(C)c1ccc2c(-c3cc(C(=O)NCCOCCOCCCCCCCl)ccc3C(=O)[O-])c3ccc(=[N+](C)C)cc-3oc2c1.CN(C)c1ccc2c(-c3ccc(C(=O)NCCOCCOCCCCCCCl)cc3C(=O)[O-])c3ccc(=[N+](C)C)cc-3oc2c1. The van der Waals surface area contributed by atoms with Crippen LogP contribution < -0.4 is 50.5 Å². The average molecular weight is 1320 g/mol. The Morgan fingerprint density at radius 1 is 0.441 bits per heavy atom. The number of nitrogens with one attached hydrogen (secondary N) is 2. The molecule has 2 aliphatic carbocycles. The largest absolute Gasteiger partial charge is 0.545 e. The molecule has 0 saturated heterocycles. The van der Waals surface area contributed by atoms with Gasteiger partial charge in [0.25, 0.3) is 11.8 Å². The highest BCUT2D eigenvalue weighted by Crippen LogP contribution is 2.44. The molecule has 2 aliphatic heterocycles. The number of carbonyl (C=O) groups excluding carboxylic acids is 4. The molecule has 4 aromatic carbocycles. The van der Waals surface area contributed by atoms with Crippen molar-refractivity contribution in [2.75, 3.05) is 144 Å². The van der Waals surface area contributed by atoms with Crippen molar-refractivity contribution in [2.24, 2.45) is 0 Å². The molecule has 18 nitrogen and oxygen atoms in total. The van der Waals surface area contributed by atoms with Crippen molar-refractivity contribution in [2.45, 2.75) is 73.6 Å². The van der Waals surface area contributed by atoms with E-state index >= 15 is 0 Å². The minimum Gasteiger partial charge on any atom is -0.545 e. The second-order valence-corrected chi connectivity index (χ2v) is 23.3. The number of rotatable bonds is 32. The summed E-state index contributed by atoms with van der Waals surface area (Å²) in [5, 5.41) is 33.8. The number of halogens is 2. The van der Waals surface area contributed by atoms with E-state index in [0.717, 1.165) is 95.4 Å². The maximum Gasteiger partial charge on any atom is 0.251 e. The molecule has 2 N–H and O–H groups in total. The number of hydrogen-bond donors (Lipinski definition) is 2. The minimum atomic E-state index is -1.38. The van der Waals surface area contributed by atoms with Gasteiger partial charge in [0.2, 0.25) is 10.7 Å². The molecular formula is C73H96Cl2N6O12. The third-order valence-electron chi connectivity index (χ3n) is 15.1. The molecule has 0 saturated carbocycles. The van der Waals surface area contributed by atoms with Gasteiger partial charge in [-0.2, -0.15) is 0 Å². The predicted molar refractivity (Wildman–Crippen MR) is 375 cm³/mol. The van der Waals surface area contributed by atoms with Gasteiger partial charge in [0, 0.05) is 157 Å². The Morgan fingerprint density at radius 3 is 1.26 bits per heavy atom. The minimum absolute atomic E-state index is 0. The lowest BCUT2D eigenvalue weighted by Crippen LogP contribution is -2.29. The molecule has 4 aromatic rings. The van der Waals surface area contributed by atoms with Crippen LogP contribution >= 0.6 is 23.2 Å². The Labute approximate surface area is 559 Å². The Hall–Kier alpha value is -7.84. The average Bonchev–Trinajstić information content (AvgIpc) is 0.759. The van der Waals surface area contributed by atoms with Gasteiger partial charge in [-0.15, -0.1) is 23.2 Å². The van der Waals surface area contributed by atoms with Gasteiger partial charge in [0.1, 0.15) is 50.9 Å². The molecule has 4 aliphatic rings. The first kappa shape index (κ1) is 77.6. The summed E-state index contributed by atoms with van der Waals surface area (Å²) in [6.07, 6.45) is 8.50. The summed E-state index contributed by atoms with van der Waals surface area (Å²) >= 11 is 11.4. The lowest BCUT2D eigenvalue weighted by atomic mass is 9.89. The van der Waals surface area contributed by atoms with E-state index in [4.69, 9.17) is 51.0 Å². The number of hydrogen-bond acceptors (Lipinski definition) is 14. The molecule has 0 fully saturated rings. The van der Waals surface area contributed by atoms with Crippen molar-refractivity contribution in [3.63, 3.8) is 0 Å². The lowest BCUT2D eigenvalue weighted by Gasteiger charge is -2.20. The van der Waals surface area contributed by atoms with Crippen molar-refractivity contribution in [3.05, 3.63) is 142 Å². The number of carbonyl (C=O) groups is 4. The van der Waals surface area contributed by atoms with Crippen LogP contribution in [0.1, 0.15) is 115 Å². The van der Waals surface area contributed by atoms with Crippen molar-refractivity contribution in [1.29, 1.82) is 0 Å². The molecule has 0 radical (unpaired) electrons. The van der Waals surface area contributed by atoms with Crippen molar-refractivity contribution in [3.8, 4) is 44.9 Å². The molecule has 0 bridgehead atoms. The number of carboxylic acid groups (broad SMARTS) is 2. The summed E-state index contributed by atoms with van der Waals surface area (Å²) in [5.41, 5.74) is 7.14. The zero-order valence-electron chi connectivity index (χ0n) is 53.0. The van der Waals surface area contributed by atoms with E-state index in [1.807, 2.05) is 148 Å². The van der Waals surface area contributed by atoms with Crippen LogP contribution in [0.4, 0.5) is 11.4 Å². The molecule has 0 spiro atoms. The van der Waals surface area contributed by atoms with Gasteiger partial charge in [0.15, 0.2) is 0 Å². The summed E-state index contributed by atoms with van der Waals surface area (Å²) in [4.78, 5) is 54.9. The fourth-order valence-electron chi connectivity index (χ4n) is 10.2. The molecule has 0 atom stereocenters. The Kier molecular flexibility index (Phi) is 32.5. The smallest absolute Gasteiger partial charge is 0.251 e. The normalized spacial score (nSPS) is 10.9. The van der Waals surface area contributed by atoms with Crippen LogP contribution in [0, 0.1) is 0 Å². The van der Waals surface area contributed by atoms with E-state index in [1.165, 1.54) is 18.2 Å². The first-order valence-corrected chi connectivity index (χ1v) is 31.6. The summed E-state index contributed by atoms with van der Waals surface area (Å²) < 4.78 is 39.0.